The molecule has 0 spiro atoms. The Bertz CT molecular complexity index is 1120. The van der Waals surface area contributed by atoms with Gasteiger partial charge in [-0.05, 0) is 37.5 Å². The maximum Gasteiger partial charge on any atom is 0.323 e. The van der Waals surface area contributed by atoms with E-state index in [1.54, 1.807) is 13.1 Å². The van der Waals surface area contributed by atoms with Gasteiger partial charge in [0.2, 0.25) is 11.8 Å². The summed E-state index contributed by atoms with van der Waals surface area (Å²) in [6.45, 7) is 2.59. The van der Waals surface area contributed by atoms with Crippen molar-refractivity contribution in [2.24, 2.45) is 0 Å². The first-order valence-electron chi connectivity index (χ1n) is 11.8. The average Bonchev–Trinajstić information content (AvgIpc) is 2.87. The number of hydrogen-bond donors (Lipinski definition) is 2. The number of rotatable bonds is 13. The first-order valence-corrected chi connectivity index (χ1v) is 12.9. The van der Waals surface area contributed by atoms with E-state index in [0.29, 0.717) is 19.6 Å². The molecule has 3 rings (SSSR count). The third kappa shape index (κ3) is 8.40. The first kappa shape index (κ1) is 26.2. The van der Waals surface area contributed by atoms with Gasteiger partial charge in [-0.25, -0.2) is 0 Å². The molecule has 3 aromatic rings. The molecule has 184 valence electrons. The topological polar surface area (TPSA) is 97.4 Å². The maximum atomic E-state index is 12.3. The second-order valence-corrected chi connectivity index (χ2v) is 9.04. The number of thioether (sulfide) groups is 1. The van der Waals surface area contributed by atoms with Crippen LogP contribution in [0.2, 0.25) is 0 Å². The summed E-state index contributed by atoms with van der Waals surface area (Å²) in [5, 5.41) is 6.28. The Morgan fingerprint density at radius 3 is 2.54 bits per heavy atom. The van der Waals surface area contributed by atoms with Gasteiger partial charge in [-0.3, -0.25) is 19.4 Å². The van der Waals surface area contributed by atoms with Gasteiger partial charge in [-0.15, -0.1) is 11.8 Å². The highest BCUT2D eigenvalue weighted by atomic mass is 32.2. The molecule has 1 unspecified atom stereocenters. The number of ether oxygens (including phenoxy) is 1. The van der Waals surface area contributed by atoms with E-state index in [2.05, 4.69) is 15.6 Å². The van der Waals surface area contributed by atoms with Gasteiger partial charge in [0.05, 0.1) is 23.6 Å². The number of anilines is 1. The maximum absolute atomic E-state index is 12.3. The molecular formula is C27H31N3O4S. The van der Waals surface area contributed by atoms with Crippen molar-refractivity contribution in [2.75, 3.05) is 24.2 Å². The lowest BCUT2D eigenvalue weighted by Gasteiger charge is -2.15. The normalized spacial score (nSPS) is 11.6. The van der Waals surface area contributed by atoms with E-state index in [1.807, 2.05) is 60.7 Å². The van der Waals surface area contributed by atoms with E-state index in [0.717, 1.165) is 41.4 Å². The van der Waals surface area contributed by atoms with E-state index in [9.17, 15) is 14.4 Å². The molecule has 2 N–H and O–H groups in total. The number of amides is 2. The predicted octanol–water partition coefficient (Wildman–Crippen LogP) is 4.89. The Morgan fingerprint density at radius 1 is 0.943 bits per heavy atom. The summed E-state index contributed by atoms with van der Waals surface area (Å²) in [6.07, 6.45) is 4.45. The Balaban J connectivity index is 1.32. The van der Waals surface area contributed by atoms with Gasteiger partial charge in [0.25, 0.3) is 0 Å². The van der Waals surface area contributed by atoms with Gasteiger partial charge < -0.3 is 15.4 Å². The lowest BCUT2D eigenvalue weighted by atomic mass is 10.1. The van der Waals surface area contributed by atoms with E-state index >= 15 is 0 Å². The number of nitrogens with one attached hydrogen (secondary N) is 2. The summed E-state index contributed by atoms with van der Waals surface area (Å²) >= 11 is 1.26. The largest absolute Gasteiger partial charge is 0.465 e. The van der Waals surface area contributed by atoms with Crippen LogP contribution in [0.3, 0.4) is 0 Å². The van der Waals surface area contributed by atoms with Crippen LogP contribution >= 0.6 is 11.8 Å². The Morgan fingerprint density at radius 2 is 1.74 bits per heavy atom. The summed E-state index contributed by atoms with van der Waals surface area (Å²) < 4.78 is 5.17. The fraction of sp³-hybridized carbons (Fsp3) is 0.333. The van der Waals surface area contributed by atoms with Crippen LogP contribution in [-0.4, -0.2) is 41.7 Å². The molecule has 0 fully saturated rings. The third-order valence-electron chi connectivity index (χ3n) is 5.29. The van der Waals surface area contributed by atoms with Crippen molar-refractivity contribution < 1.29 is 19.1 Å². The summed E-state index contributed by atoms with van der Waals surface area (Å²) in [6, 6.07) is 18.9. The van der Waals surface area contributed by atoms with E-state index in [4.69, 9.17) is 4.74 Å². The number of nitrogens with zero attached hydrogens (tertiary/aromatic N) is 1. The number of unbranched alkanes of at least 4 members (excludes halogenated alkanes) is 2. The van der Waals surface area contributed by atoms with Crippen LogP contribution in [0.15, 0.2) is 66.9 Å². The lowest BCUT2D eigenvalue weighted by Crippen LogP contribution is -2.27. The minimum absolute atomic E-state index is 0.0468. The summed E-state index contributed by atoms with van der Waals surface area (Å²) in [5.74, 6) is -0.343. The van der Waals surface area contributed by atoms with Crippen LogP contribution < -0.4 is 10.6 Å². The SMILES string of the molecule is CCOC(=O)C(SCC(=O)NCCCCCC(=O)Nc1cccc2cccnc12)c1ccccc1. The number of carbonyl (C=O) groups is 3. The highest BCUT2D eigenvalue weighted by Crippen LogP contribution is 2.30. The Hall–Kier alpha value is -3.39. The van der Waals surface area contributed by atoms with Crippen LogP contribution in [-0.2, 0) is 19.1 Å². The van der Waals surface area contributed by atoms with Gasteiger partial charge in [0, 0.05) is 24.5 Å². The molecule has 2 aromatic carbocycles. The van der Waals surface area contributed by atoms with Crippen molar-refractivity contribution in [3.05, 3.63) is 72.4 Å². The number of esters is 1. The molecule has 1 atom stereocenters. The molecule has 0 bridgehead atoms. The quantitative estimate of drug-likeness (QED) is 0.260. The molecule has 0 aliphatic rings. The number of aromatic nitrogens is 1. The highest BCUT2D eigenvalue weighted by molar-refractivity contribution is 8.00. The number of pyridine rings is 1. The summed E-state index contributed by atoms with van der Waals surface area (Å²) in [4.78, 5) is 41.2. The van der Waals surface area contributed by atoms with Crippen molar-refractivity contribution in [1.29, 1.82) is 0 Å². The number of hydrogen-bond acceptors (Lipinski definition) is 6. The number of fused-ring (bicyclic) bond motifs is 1. The van der Waals surface area contributed by atoms with Crippen molar-refractivity contribution in [2.45, 2.75) is 37.9 Å². The van der Waals surface area contributed by atoms with Crippen molar-refractivity contribution in [1.82, 2.24) is 10.3 Å². The summed E-state index contributed by atoms with van der Waals surface area (Å²) in [5.41, 5.74) is 2.32. The molecule has 1 aromatic heterocycles. The standard InChI is InChI=1S/C27H31N3O4S/c1-2-34-27(33)26(21-11-5-3-6-12-21)35-19-24(32)28-17-8-4-7-16-23(31)30-22-15-9-13-20-14-10-18-29-25(20)22/h3,5-6,9-15,18,26H,2,4,7-8,16-17,19H2,1H3,(H,28,32)(H,30,31). The van der Waals surface area contributed by atoms with Gasteiger partial charge in [0.1, 0.15) is 5.25 Å². The molecule has 0 aliphatic carbocycles. The van der Waals surface area contributed by atoms with E-state index in [-0.39, 0.29) is 23.5 Å². The molecule has 35 heavy (non-hydrogen) atoms. The monoisotopic (exact) mass is 493 g/mol. The van der Waals surface area contributed by atoms with Gasteiger partial charge >= 0.3 is 5.97 Å². The summed E-state index contributed by atoms with van der Waals surface area (Å²) in [7, 11) is 0. The zero-order chi connectivity index (χ0) is 24.9. The number of carbonyl (C=O) groups excluding carboxylic acids is 3. The van der Waals surface area contributed by atoms with E-state index in [1.165, 1.54) is 11.8 Å². The fourth-order valence-corrected chi connectivity index (χ4v) is 4.56. The number of para-hydroxylation sites is 1. The molecule has 0 radical (unpaired) electrons. The minimum Gasteiger partial charge on any atom is -0.465 e. The average molecular weight is 494 g/mol. The smallest absolute Gasteiger partial charge is 0.323 e. The number of benzene rings is 2. The van der Waals surface area contributed by atoms with Crippen LogP contribution in [0, 0.1) is 0 Å². The van der Waals surface area contributed by atoms with Crippen LogP contribution in [0.5, 0.6) is 0 Å². The minimum atomic E-state index is -0.530. The molecule has 0 saturated carbocycles. The molecule has 8 heteroatoms. The van der Waals surface area contributed by atoms with Crippen molar-refractivity contribution >= 4 is 46.1 Å². The second-order valence-electron chi connectivity index (χ2n) is 7.94. The lowest BCUT2D eigenvalue weighted by molar-refractivity contribution is -0.142. The molecular weight excluding hydrogens is 462 g/mol. The fourth-order valence-electron chi connectivity index (χ4n) is 3.59. The molecule has 0 saturated heterocycles. The predicted molar refractivity (Wildman–Crippen MR) is 140 cm³/mol. The molecule has 0 aliphatic heterocycles. The first-order chi connectivity index (χ1) is 17.1. The highest BCUT2D eigenvalue weighted by Gasteiger charge is 2.23. The molecule has 2 amide bonds. The zero-order valence-electron chi connectivity index (χ0n) is 19.9. The van der Waals surface area contributed by atoms with Crippen LogP contribution in [0.4, 0.5) is 5.69 Å². The Kier molecular flexibility index (Phi) is 10.6. The molecule has 1 heterocycles. The van der Waals surface area contributed by atoms with Crippen LogP contribution in [0.1, 0.15) is 43.4 Å². The van der Waals surface area contributed by atoms with E-state index < -0.39 is 5.25 Å². The third-order valence-corrected chi connectivity index (χ3v) is 6.52. The second kappa shape index (κ2) is 14.1. The zero-order valence-corrected chi connectivity index (χ0v) is 20.7. The van der Waals surface area contributed by atoms with Gasteiger partial charge in [-0.1, -0.05) is 55.0 Å². The van der Waals surface area contributed by atoms with Crippen molar-refractivity contribution in [3.63, 3.8) is 0 Å². The van der Waals surface area contributed by atoms with Gasteiger partial charge in [0.15, 0.2) is 0 Å². The van der Waals surface area contributed by atoms with Crippen LogP contribution in [0.25, 0.3) is 10.9 Å². The molecule has 7 nitrogen and oxygen atoms in total. The van der Waals surface area contributed by atoms with Gasteiger partial charge in [-0.2, -0.15) is 0 Å². The van der Waals surface area contributed by atoms with Crippen molar-refractivity contribution in [3.8, 4) is 0 Å². The Labute approximate surface area is 210 Å².